The van der Waals surface area contributed by atoms with Crippen molar-refractivity contribution in [2.75, 3.05) is 0 Å². The number of furan rings is 1. The molecule has 1 N–H and O–H groups in total. The summed E-state index contributed by atoms with van der Waals surface area (Å²) in [5, 5.41) is 0. The molecule has 0 bridgehead atoms. The molecule has 0 saturated heterocycles. The van der Waals surface area contributed by atoms with Crippen molar-refractivity contribution in [2.45, 2.75) is 13.8 Å². The van der Waals surface area contributed by atoms with Gasteiger partial charge in [0.1, 0.15) is 5.76 Å². The molecule has 0 spiro atoms. The van der Waals surface area contributed by atoms with Crippen molar-refractivity contribution >= 4 is 5.78 Å². The van der Waals surface area contributed by atoms with Crippen LogP contribution in [0.25, 0.3) is 11.3 Å². The number of rotatable bonds is 2. The molecule has 2 aromatic rings. The first-order valence-corrected chi connectivity index (χ1v) is 4.43. The van der Waals surface area contributed by atoms with Crippen molar-refractivity contribution in [1.29, 1.82) is 0 Å². The molecule has 0 aliphatic heterocycles. The van der Waals surface area contributed by atoms with Gasteiger partial charge in [0.25, 0.3) is 0 Å². The molecule has 3 heteroatoms. The molecule has 0 aliphatic rings. The predicted octanol–water partition coefficient (Wildman–Crippen LogP) is 2.79. The highest BCUT2D eigenvalue weighted by Gasteiger charge is 2.15. The van der Waals surface area contributed by atoms with Gasteiger partial charge >= 0.3 is 0 Å². The minimum absolute atomic E-state index is 0.0511. The average molecular weight is 189 g/mol. The van der Waals surface area contributed by atoms with Crippen LogP contribution in [0.1, 0.15) is 23.0 Å². The van der Waals surface area contributed by atoms with Crippen molar-refractivity contribution in [1.82, 2.24) is 4.98 Å². The summed E-state index contributed by atoms with van der Waals surface area (Å²) in [5.41, 5.74) is 2.42. The van der Waals surface area contributed by atoms with Gasteiger partial charge in [0.05, 0.1) is 6.26 Å². The Morgan fingerprint density at radius 2 is 2.29 bits per heavy atom. The number of aromatic amines is 1. The van der Waals surface area contributed by atoms with Gasteiger partial charge in [-0.25, -0.2) is 0 Å². The van der Waals surface area contributed by atoms with Gasteiger partial charge in [0, 0.05) is 23.0 Å². The molecular weight excluding hydrogens is 178 g/mol. The SMILES string of the molecule is CC(=O)c1c(-c2ccco2)c[nH]c1C. The van der Waals surface area contributed by atoms with Crippen LogP contribution in [0.2, 0.25) is 0 Å². The Morgan fingerprint density at radius 1 is 1.50 bits per heavy atom. The Labute approximate surface area is 81.7 Å². The summed E-state index contributed by atoms with van der Waals surface area (Å²) in [7, 11) is 0. The van der Waals surface area contributed by atoms with Crippen molar-refractivity contribution < 1.29 is 9.21 Å². The molecule has 2 rings (SSSR count). The predicted molar refractivity (Wildman–Crippen MR) is 53.2 cm³/mol. The van der Waals surface area contributed by atoms with E-state index in [0.717, 1.165) is 17.0 Å². The highest BCUT2D eigenvalue weighted by atomic mass is 16.3. The molecule has 3 nitrogen and oxygen atoms in total. The molecule has 0 fully saturated rings. The summed E-state index contributed by atoms with van der Waals surface area (Å²) in [5.74, 6) is 0.773. The Morgan fingerprint density at radius 3 is 2.86 bits per heavy atom. The van der Waals surface area contributed by atoms with Crippen LogP contribution >= 0.6 is 0 Å². The fourth-order valence-electron chi connectivity index (χ4n) is 1.61. The lowest BCUT2D eigenvalue weighted by molar-refractivity contribution is 0.101. The second-order valence-electron chi connectivity index (χ2n) is 3.24. The van der Waals surface area contributed by atoms with Crippen molar-refractivity contribution in [3.05, 3.63) is 35.9 Å². The van der Waals surface area contributed by atoms with Crippen LogP contribution in [0.5, 0.6) is 0 Å². The van der Waals surface area contributed by atoms with E-state index < -0.39 is 0 Å². The fraction of sp³-hybridized carbons (Fsp3) is 0.182. The van der Waals surface area contributed by atoms with Crippen LogP contribution in [0, 0.1) is 6.92 Å². The van der Waals surface area contributed by atoms with E-state index in [9.17, 15) is 4.79 Å². The third-order valence-corrected chi connectivity index (χ3v) is 2.22. The first-order valence-electron chi connectivity index (χ1n) is 4.43. The van der Waals surface area contributed by atoms with Crippen LogP contribution in [0.15, 0.2) is 29.0 Å². The molecule has 2 aromatic heterocycles. The minimum atomic E-state index is 0.0511. The van der Waals surface area contributed by atoms with E-state index in [-0.39, 0.29) is 5.78 Å². The Kier molecular flexibility index (Phi) is 2.00. The first kappa shape index (κ1) is 8.81. The number of H-pyrrole nitrogens is 1. The monoisotopic (exact) mass is 189 g/mol. The van der Waals surface area contributed by atoms with Gasteiger partial charge < -0.3 is 9.40 Å². The maximum atomic E-state index is 11.4. The molecule has 0 radical (unpaired) electrons. The Bertz CT molecular complexity index is 452. The lowest BCUT2D eigenvalue weighted by Crippen LogP contribution is -1.94. The van der Waals surface area contributed by atoms with E-state index >= 15 is 0 Å². The second kappa shape index (κ2) is 3.18. The van der Waals surface area contributed by atoms with Gasteiger partial charge in [-0.2, -0.15) is 0 Å². The smallest absolute Gasteiger partial charge is 0.162 e. The molecule has 0 saturated carbocycles. The van der Waals surface area contributed by atoms with Gasteiger partial charge in [-0.1, -0.05) is 0 Å². The van der Waals surface area contributed by atoms with E-state index in [1.165, 1.54) is 0 Å². The lowest BCUT2D eigenvalue weighted by atomic mass is 10.1. The van der Waals surface area contributed by atoms with Gasteiger partial charge in [-0.3, -0.25) is 4.79 Å². The van der Waals surface area contributed by atoms with E-state index in [2.05, 4.69) is 4.98 Å². The molecule has 2 heterocycles. The number of hydrogen-bond acceptors (Lipinski definition) is 2. The first-order chi connectivity index (χ1) is 6.70. The van der Waals surface area contributed by atoms with Gasteiger partial charge in [-0.15, -0.1) is 0 Å². The van der Waals surface area contributed by atoms with Crippen molar-refractivity contribution in [2.24, 2.45) is 0 Å². The van der Waals surface area contributed by atoms with Gasteiger partial charge in [0.2, 0.25) is 0 Å². The molecule has 0 amide bonds. The second-order valence-corrected chi connectivity index (χ2v) is 3.24. The zero-order valence-corrected chi connectivity index (χ0v) is 8.13. The number of aromatic nitrogens is 1. The van der Waals surface area contributed by atoms with Crippen molar-refractivity contribution in [3.63, 3.8) is 0 Å². The lowest BCUT2D eigenvalue weighted by Gasteiger charge is -1.97. The number of aryl methyl sites for hydroxylation is 1. The van der Waals surface area contributed by atoms with Crippen LogP contribution < -0.4 is 0 Å². The minimum Gasteiger partial charge on any atom is -0.464 e. The third-order valence-electron chi connectivity index (χ3n) is 2.22. The topological polar surface area (TPSA) is 46.0 Å². The van der Waals surface area contributed by atoms with E-state index in [4.69, 9.17) is 4.42 Å². The zero-order valence-electron chi connectivity index (χ0n) is 8.13. The maximum absolute atomic E-state index is 11.4. The summed E-state index contributed by atoms with van der Waals surface area (Å²) < 4.78 is 5.25. The van der Waals surface area contributed by atoms with Crippen LogP contribution in [0.3, 0.4) is 0 Å². The van der Waals surface area contributed by atoms with E-state index in [1.807, 2.05) is 19.1 Å². The van der Waals surface area contributed by atoms with Gasteiger partial charge in [0.15, 0.2) is 5.78 Å². The number of ketones is 1. The molecule has 72 valence electrons. The van der Waals surface area contributed by atoms with E-state index in [1.54, 1.807) is 19.4 Å². The third kappa shape index (κ3) is 1.27. The summed E-state index contributed by atoms with van der Waals surface area (Å²) in [6.07, 6.45) is 3.40. The highest BCUT2D eigenvalue weighted by molar-refractivity contribution is 6.01. The fourth-order valence-corrected chi connectivity index (χ4v) is 1.61. The quantitative estimate of drug-likeness (QED) is 0.738. The number of carbonyl (C=O) groups is 1. The number of nitrogens with one attached hydrogen (secondary N) is 1. The molecule has 0 aromatic carbocycles. The summed E-state index contributed by atoms with van der Waals surface area (Å²) in [4.78, 5) is 14.4. The van der Waals surface area contributed by atoms with Crippen LogP contribution in [-0.4, -0.2) is 10.8 Å². The highest BCUT2D eigenvalue weighted by Crippen LogP contribution is 2.26. The molecule has 0 atom stereocenters. The van der Waals surface area contributed by atoms with Crippen molar-refractivity contribution in [3.8, 4) is 11.3 Å². The average Bonchev–Trinajstić information content (AvgIpc) is 2.70. The Hall–Kier alpha value is -1.77. The summed E-state index contributed by atoms with van der Waals surface area (Å²) in [6.45, 7) is 3.44. The maximum Gasteiger partial charge on any atom is 0.162 e. The standard InChI is InChI=1S/C11H11NO2/c1-7-11(8(2)13)9(6-12-7)10-4-3-5-14-10/h3-6,12H,1-2H3. The molecular formula is C11H11NO2. The number of carbonyl (C=O) groups excluding carboxylic acids is 1. The number of Topliss-reactive ketones (excluding diaryl/α,β-unsaturated/α-hetero) is 1. The Balaban J connectivity index is 2.60. The number of hydrogen-bond donors (Lipinski definition) is 1. The summed E-state index contributed by atoms with van der Waals surface area (Å²) >= 11 is 0. The van der Waals surface area contributed by atoms with E-state index in [0.29, 0.717) is 5.56 Å². The molecule has 0 unspecified atom stereocenters. The van der Waals surface area contributed by atoms with Crippen LogP contribution in [0.4, 0.5) is 0 Å². The van der Waals surface area contributed by atoms with Gasteiger partial charge in [-0.05, 0) is 26.0 Å². The molecule has 14 heavy (non-hydrogen) atoms. The van der Waals surface area contributed by atoms with Crippen LogP contribution in [-0.2, 0) is 0 Å². The summed E-state index contributed by atoms with van der Waals surface area (Å²) in [6, 6.07) is 3.65. The largest absolute Gasteiger partial charge is 0.464 e. The zero-order chi connectivity index (χ0) is 10.1. The normalized spacial score (nSPS) is 10.4. The molecule has 0 aliphatic carbocycles.